The molecule has 0 spiro atoms. The van der Waals surface area contributed by atoms with Gasteiger partial charge in [0.1, 0.15) is 5.76 Å². The second kappa shape index (κ2) is 5.41. The van der Waals surface area contributed by atoms with Crippen LogP contribution in [0.15, 0.2) is 20.8 Å². The van der Waals surface area contributed by atoms with Crippen molar-refractivity contribution in [3.63, 3.8) is 0 Å². The van der Waals surface area contributed by atoms with Crippen molar-refractivity contribution in [2.75, 3.05) is 0 Å². The molecule has 0 aliphatic rings. The number of nitrogens with two attached hydrogens (primary N) is 1. The van der Waals surface area contributed by atoms with Gasteiger partial charge < -0.3 is 10.2 Å². The molecule has 0 saturated carbocycles. The summed E-state index contributed by atoms with van der Waals surface area (Å²) in [7, 11) is -3.55. The van der Waals surface area contributed by atoms with E-state index in [-0.39, 0.29) is 11.4 Å². The number of thiophene rings is 1. The molecule has 0 saturated heterocycles. The lowest BCUT2D eigenvalue weighted by Crippen LogP contribution is -2.23. The highest BCUT2D eigenvalue weighted by Crippen LogP contribution is 2.19. The summed E-state index contributed by atoms with van der Waals surface area (Å²) in [6.45, 7) is 3.96. The summed E-state index contributed by atoms with van der Waals surface area (Å²) < 4.78 is 31.8. The molecule has 0 radical (unpaired) electrons. The van der Waals surface area contributed by atoms with Crippen LogP contribution in [0, 0.1) is 13.8 Å². The van der Waals surface area contributed by atoms with E-state index >= 15 is 0 Å². The molecule has 2 rings (SSSR count). The molecule has 0 unspecified atom stereocenters. The predicted molar refractivity (Wildman–Crippen MR) is 72.2 cm³/mol. The lowest BCUT2D eigenvalue weighted by molar-refractivity contribution is 0.463. The second-order valence-corrected chi connectivity index (χ2v) is 6.79. The topological polar surface area (TPSA) is 98.2 Å². The molecule has 2 aromatic heterocycles. The normalized spacial score (nSPS) is 11.9. The second-order valence-electron chi connectivity index (χ2n) is 4.03. The molecule has 0 aliphatic heterocycles. The van der Waals surface area contributed by atoms with E-state index in [9.17, 15) is 8.42 Å². The number of oxazole rings is 1. The summed E-state index contributed by atoms with van der Waals surface area (Å²) in [5, 5.41) is 1.57. The molecular weight excluding hydrogens is 286 g/mol. The van der Waals surface area contributed by atoms with E-state index in [1.165, 1.54) is 11.3 Å². The number of nitrogens with zero attached hydrogens (tertiary/aromatic N) is 1. The first-order chi connectivity index (χ1) is 8.92. The van der Waals surface area contributed by atoms with Crippen LogP contribution in [0.25, 0.3) is 0 Å². The summed E-state index contributed by atoms with van der Waals surface area (Å²) in [6.07, 6.45) is 0. The minimum atomic E-state index is -3.55. The molecule has 0 atom stereocenters. The Hall–Kier alpha value is -1.22. The lowest BCUT2D eigenvalue weighted by atomic mass is 10.4. The van der Waals surface area contributed by atoms with Gasteiger partial charge in [0.05, 0.1) is 17.1 Å². The maximum absolute atomic E-state index is 12.0. The zero-order valence-corrected chi connectivity index (χ0v) is 12.3. The molecule has 3 N–H and O–H groups in total. The monoisotopic (exact) mass is 301 g/mol. The van der Waals surface area contributed by atoms with Crippen LogP contribution in [0.1, 0.15) is 22.2 Å². The molecule has 0 amide bonds. The molecule has 0 fully saturated rings. The van der Waals surface area contributed by atoms with Crippen LogP contribution in [-0.2, 0) is 23.1 Å². The van der Waals surface area contributed by atoms with Crippen LogP contribution in [0.4, 0.5) is 0 Å². The molecule has 0 bridgehead atoms. The number of aromatic nitrogens is 1. The first kappa shape index (κ1) is 14.2. The summed E-state index contributed by atoms with van der Waals surface area (Å²) in [5.41, 5.74) is 6.22. The maximum Gasteiger partial charge on any atom is 0.241 e. The maximum atomic E-state index is 12.0. The summed E-state index contributed by atoms with van der Waals surface area (Å²) in [6, 6.07) is 1.57. The van der Waals surface area contributed by atoms with Gasteiger partial charge in [-0.3, -0.25) is 0 Å². The standard InChI is InChI=1S/C11H15N3O3S2/c1-7-8(2)17-11(14-7)5-13-19(15,16)10-3-9(4-12)18-6-10/h3,6,13H,4-5,12H2,1-2H3. The van der Waals surface area contributed by atoms with Crippen molar-refractivity contribution in [1.29, 1.82) is 0 Å². The fraction of sp³-hybridized carbons (Fsp3) is 0.364. The fourth-order valence-corrected chi connectivity index (χ4v) is 3.59. The van der Waals surface area contributed by atoms with E-state index in [0.29, 0.717) is 18.2 Å². The zero-order chi connectivity index (χ0) is 14.0. The number of nitrogens with one attached hydrogen (secondary N) is 1. The van der Waals surface area contributed by atoms with Gasteiger partial charge >= 0.3 is 0 Å². The fourth-order valence-electron chi connectivity index (χ4n) is 1.46. The Balaban J connectivity index is 2.09. The molecule has 0 aromatic carbocycles. The zero-order valence-electron chi connectivity index (χ0n) is 10.6. The van der Waals surface area contributed by atoms with Gasteiger partial charge in [-0.2, -0.15) is 0 Å². The van der Waals surface area contributed by atoms with E-state index < -0.39 is 10.0 Å². The van der Waals surface area contributed by atoms with Crippen LogP contribution in [0.2, 0.25) is 0 Å². The van der Waals surface area contributed by atoms with Crippen molar-refractivity contribution >= 4 is 21.4 Å². The van der Waals surface area contributed by atoms with E-state index in [4.69, 9.17) is 10.2 Å². The Labute approximate surface area is 115 Å². The third kappa shape index (κ3) is 3.21. The first-order valence-corrected chi connectivity index (χ1v) is 7.98. The first-order valence-electron chi connectivity index (χ1n) is 5.62. The van der Waals surface area contributed by atoms with Gasteiger partial charge in [0, 0.05) is 16.8 Å². The van der Waals surface area contributed by atoms with Gasteiger partial charge in [0.2, 0.25) is 15.9 Å². The number of hydrogen-bond acceptors (Lipinski definition) is 6. The van der Waals surface area contributed by atoms with Crippen LogP contribution in [0.5, 0.6) is 0 Å². The van der Waals surface area contributed by atoms with E-state index in [2.05, 4.69) is 9.71 Å². The Morgan fingerprint density at radius 3 is 2.74 bits per heavy atom. The van der Waals surface area contributed by atoms with Crippen LogP contribution in [-0.4, -0.2) is 13.4 Å². The number of sulfonamides is 1. The molecule has 19 heavy (non-hydrogen) atoms. The van der Waals surface area contributed by atoms with Crippen molar-refractivity contribution in [3.05, 3.63) is 33.7 Å². The van der Waals surface area contributed by atoms with E-state index in [1.54, 1.807) is 18.4 Å². The van der Waals surface area contributed by atoms with Gasteiger partial charge in [-0.05, 0) is 19.9 Å². The third-order valence-corrected chi connectivity index (χ3v) is 5.12. The third-order valence-electron chi connectivity index (χ3n) is 2.63. The van der Waals surface area contributed by atoms with Gasteiger partial charge in [0.25, 0.3) is 0 Å². The molecular formula is C11H15N3O3S2. The van der Waals surface area contributed by atoms with Crippen LogP contribution >= 0.6 is 11.3 Å². The Bertz CT molecular complexity index is 654. The van der Waals surface area contributed by atoms with E-state index in [1.807, 2.05) is 6.92 Å². The average Bonchev–Trinajstić information content (AvgIpc) is 2.95. The molecule has 8 heteroatoms. The van der Waals surface area contributed by atoms with Gasteiger partial charge in [-0.1, -0.05) is 0 Å². The molecule has 6 nitrogen and oxygen atoms in total. The van der Waals surface area contributed by atoms with Gasteiger partial charge in [-0.25, -0.2) is 18.1 Å². The quantitative estimate of drug-likeness (QED) is 0.867. The summed E-state index contributed by atoms with van der Waals surface area (Å²) in [4.78, 5) is 5.16. The highest BCUT2D eigenvalue weighted by Gasteiger charge is 2.17. The molecule has 0 aliphatic carbocycles. The van der Waals surface area contributed by atoms with Crippen LogP contribution in [0.3, 0.4) is 0 Å². The Morgan fingerprint density at radius 1 is 1.47 bits per heavy atom. The van der Waals surface area contributed by atoms with Crippen molar-refractivity contribution in [2.24, 2.45) is 5.73 Å². The minimum absolute atomic E-state index is 0.0326. The van der Waals surface area contributed by atoms with E-state index in [0.717, 1.165) is 10.6 Å². The SMILES string of the molecule is Cc1nc(CNS(=O)(=O)c2csc(CN)c2)oc1C. The highest BCUT2D eigenvalue weighted by molar-refractivity contribution is 7.89. The van der Waals surface area contributed by atoms with Gasteiger partial charge in [-0.15, -0.1) is 11.3 Å². The minimum Gasteiger partial charge on any atom is -0.444 e. The van der Waals surface area contributed by atoms with Crippen molar-refractivity contribution < 1.29 is 12.8 Å². The van der Waals surface area contributed by atoms with Crippen molar-refractivity contribution in [3.8, 4) is 0 Å². The Morgan fingerprint density at radius 2 is 2.21 bits per heavy atom. The predicted octanol–water partition coefficient (Wildman–Crippen LogP) is 1.29. The molecule has 104 valence electrons. The number of rotatable bonds is 5. The number of hydrogen-bond donors (Lipinski definition) is 2. The van der Waals surface area contributed by atoms with Gasteiger partial charge in [0.15, 0.2) is 0 Å². The smallest absolute Gasteiger partial charge is 0.241 e. The van der Waals surface area contributed by atoms with Crippen molar-refractivity contribution in [1.82, 2.24) is 9.71 Å². The Kier molecular flexibility index (Phi) is 4.04. The van der Waals surface area contributed by atoms with Crippen LogP contribution < -0.4 is 10.5 Å². The molecule has 2 heterocycles. The lowest BCUT2D eigenvalue weighted by Gasteiger charge is -2.01. The summed E-state index contributed by atoms with van der Waals surface area (Å²) in [5.74, 6) is 1.04. The van der Waals surface area contributed by atoms with Crippen molar-refractivity contribution in [2.45, 2.75) is 31.8 Å². The largest absolute Gasteiger partial charge is 0.444 e. The molecule has 2 aromatic rings. The summed E-state index contributed by atoms with van der Waals surface area (Å²) >= 11 is 1.32. The number of aryl methyl sites for hydroxylation is 2. The highest BCUT2D eigenvalue weighted by atomic mass is 32.2. The average molecular weight is 301 g/mol.